The number of benzene rings is 3. The minimum absolute atomic E-state index is 0.377. The zero-order chi connectivity index (χ0) is 25.5. The molecule has 0 saturated carbocycles. The molecular formula is C27H29N5O3S. The van der Waals surface area contributed by atoms with E-state index < -0.39 is 9.73 Å². The molecule has 0 bridgehead atoms. The van der Waals surface area contributed by atoms with Crippen molar-refractivity contribution in [2.45, 2.75) is 18.4 Å². The zero-order valence-corrected chi connectivity index (χ0v) is 21.3. The molecule has 1 aromatic heterocycles. The molecule has 0 aliphatic heterocycles. The van der Waals surface area contributed by atoms with Gasteiger partial charge in [0.2, 0.25) is 5.95 Å². The third kappa shape index (κ3) is 6.31. The zero-order valence-electron chi connectivity index (χ0n) is 20.4. The normalized spacial score (nSPS) is 12.4. The summed E-state index contributed by atoms with van der Waals surface area (Å²) in [5, 5.41) is 6.59. The molecule has 3 N–H and O–H groups in total. The number of nitrogens with zero attached hydrogens (tertiary/aromatic N) is 2. The largest absolute Gasteiger partial charge is 0.497 e. The van der Waals surface area contributed by atoms with Crippen LogP contribution in [0.3, 0.4) is 0 Å². The second kappa shape index (κ2) is 11.1. The summed E-state index contributed by atoms with van der Waals surface area (Å²) in [6, 6.07) is 22.6. The topological polar surface area (TPSA) is 109 Å². The van der Waals surface area contributed by atoms with Crippen molar-refractivity contribution in [1.82, 2.24) is 9.97 Å². The molecule has 4 aromatic rings. The molecule has 1 atom stereocenters. The van der Waals surface area contributed by atoms with Gasteiger partial charge in [0.25, 0.3) is 0 Å². The Morgan fingerprint density at radius 3 is 2.50 bits per heavy atom. The van der Waals surface area contributed by atoms with E-state index in [2.05, 4.69) is 15.6 Å². The summed E-state index contributed by atoms with van der Waals surface area (Å²) in [6.45, 7) is 3.08. The quantitative estimate of drug-likeness (QED) is 0.246. The Bertz CT molecular complexity index is 1440. The van der Waals surface area contributed by atoms with Gasteiger partial charge in [0, 0.05) is 35.1 Å². The number of hydrogen-bond acceptors (Lipinski definition) is 8. The van der Waals surface area contributed by atoms with E-state index in [1.807, 2.05) is 61.5 Å². The molecule has 0 amide bonds. The Morgan fingerprint density at radius 1 is 1.00 bits per heavy atom. The second-order valence-electron chi connectivity index (χ2n) is 8.11. The summed E-state index contributed by atoms with van der Waals surface area (Å²) in [6.07, 6.45) is 3.16. The van der Waals surface area contributed by atoms with Gasteiger partial charge in [0.15, 0.2) is 0 Å². The molecule has 8 nitrogen and oxygen atoms in total. The van der Waals surface area contributed by atoms with Gasteiger partial charge in [-0.15, -0.1) is 0 Å². The van der Waals surface area contributed by atoms with Crippen molar-refractivity contribution in [3.63, 3.8) is 0 Å². The van der Waals surface area contributed by atoms with E-state index in [9.17, 15) is 4.21 Å². The summed E-state index contributed by atoms with van der Waals surface area (Å²) in [4.78, 5) is 9.69. The van der Waals surface area contributed by atoms with Crippen LogP contribution in [-0.4, -0.2) is 34.1 Å². The van der Waals surface area contributed by atoms with Crippen molar-refractivity contribution < 1.29 is 13.7 Å². The smallest absolute Gasteiger partial charge is 0.229 e. The lowest BCUT2D eigenvalue weighted by Gasteiger charge is -2.14. The summed E-state index contributed by atoms with van der Waals surface area (Å²) in [5.74, 6) is 2.61. The van der Waals surface area contributed by atoms with E-state index >= 15 is 0 Å². The van der Waals surface area contributed by atoms with Gasteiger partial charge < -0.3 is 20.1 Å². The molecule has 36 heavy (non-hydrogen) atoms. The monoisotopic (exact) mass is 503 g/mol. The minimum Gasteiger partial charge on any atom is -0.497 e. The van der Waals surface area contributed by atoms with Crippen LogP contribution < -0.4 is 20.1 Å². The number of hydrogen-bond donors (Lipinski definition) is 3. The molecule has 0 spiro atoms. The lowest BCUT2D eigenvalue weighted by Crippen LogP contribution is -2.07. The Labute approximate surface area is 211 Å². The standard InChI is InChI=1S/C27H29N5O3S/c1-4-35-22-13-11-20(12-14-22)25-18-30-27(31-21-8-6-10-24(16-21)36(3,28)33)32-26(25)29-17-19-7-5-9-23(15-19)34-2/h5-16,18,28H,4,17H2,1-3H3,(H2,29,30,31,32). The number of methoxy groups -OCH3 is 1. The fourth-order valence-corrected chi connectivity index (χ4v) is 4.29. The maximum Gasteiger partial charge on any atom is 0.229 e. The molecule has 4 rings (SSSR count). The predicted molar refractivity (Wildman–Crippen MR) is 144 cm³/mol. The number of ether oxygens (including phenoxy) is 2. The second-order valence-corrected chi connectivity index (χ2v) is 10.3. The van der Waals surface area contributed by atoms with Gasteiger partial charge >= 0.3 is 0 Å². The molecule has 0 aliphatic rings. The first-order valence-corrected chi connectivity index (χ1v) is 13.4. The van der Waals surface area contributed by atoms with E-state index in [-0.39, 0.29) is 0 Å². The number of anilines is 3. The Balaban J connectivity index is 1.65. The van der Waals surface area contributed by atoms with Crippen LogP contribution in [0.25, 0.3) is 11.1 Å². The highest BCUT2D eigenvalue weighted by molar-refractivity contribution is 7.91. The van der Waals surface area contributed by atoms with Gasteiger partial charge in [-0.25, -0.2) is 14.0 Å². The van der Waals surface area contributed by atoms with Gasteiger partial charge in [0.1, 0.15) is 17.3 Å². The Hall–Kier alpha value is -4.11. The molecule has 3 aromatic carbocycles. The van der Waals surface area contributed by atoms with Crippen molar-refractivity contribution in [2.75, 3.05) is 30.6 Å². The van der Waals surface area contributed by atoms with E-state index in [0.717, 1.165) is 28.2 Å². The SMILES string of the molecule is CCOc1ccc(-c2cnc(Nc3cccc(S(C)(=N)=O)c3)nc2NCc2cccc(OC)c2)cc1. The van der Waals surface area contributed by atoms with E-state index in [0.29, 0.717) is 35.5 Å². The fraction of sp³-hybridized carbons (Fsp3) is 0.185. The van der Waals surface area contributed by atoms with Crippen LogP contribution >= 0.6 is 0 Å². The summed E-state index contributed by atoms with van der Waals surface area (Å²) >= 11 is 0. The average Bonchev–Trinajstić information content (AvgIpc) is 2.88. The van der Waals surface area contributed by atoms with Crippen molar-refractivity contribution in [2.24, 2.45) is 0 Å². The molecular weight excluding hydrogens is 474 g/mol. The molecule has 1 heterocycles. The van der Waals surface area contributed by atoms with Crippen molar-refractivity contribution in [3.05, 3.63) is 84.6 Å². The first kappa shape index (κ1) is 25.0. The predicted octanol–water partition coefficient (Wildman–Crippen LogP) is 5.94. The molecule has 1 unspecified atom stereocenters. The van der Waals surface area contributed by atoms with Crippen molar-refractivity contribution in [3.8, 4) is 22.6 Å². The maximum atomic E-state index is 12.2. The highest BCUT2D eigenvalue weighted by Crippen LogP contribution is 2.30. The lowest BCUT2D eigenvalue weighted by molar-refractivity contribution is 0.340. The molecule has 0 aliphatic carbocycles. The molecule has 9 heteroatoms. The first-order chi connectivity index (χ1) is 17.4. The number of rotatable bonds is 10. The van der Waals surface area contributed by atoms with Gasteiger partial charge in [-0.1, -0.05) is 30.3 Å². The van der Waals surface area contributed by atoms with E-state index in [1.165, 1.54) is 6.26 Å². The molecule has 0 saturated heterocycles. The van der Waals surface area contributed by atoms with E-state index in [1.54, 1.807) is 31.5 Å². The summed E-state index contributed by atoms with van der Waals surface area (Å²) < 4.78 is 30.9. The van der Waals surface area contributed by atoms with Crippen LogP contribution in [0, 0.1) is 4.78 Å². The summed E-state index contributed by atoms with van der Waals surface area (Å²) in [7, 11) is -1.19. The Kier molecular flexibility index (Phi) is 7.70. The van der Waals surface area contributed by atoms with Crippen LogP contribution in [-0.2, 0) is 16.3 Å². The molecule has 0 radical (unpaired) electrons. The van der Waals surface area contributed by atoms with Gasteiger partial charge in [-0.3, -0.25) is 0 Å². The maximum absolute atomic E-state index is 12.2. The third-order valence-electron chi connectivity index (χ3n) is 5.40. The van der Waals surface area contributed by atoms with Crippen LogP contribution in [0.5, 0.6) is 11.5 Å². The third-order valence-corrected chi connectivity index (χ3v) is 6.55. The molecule has 0 fully saturated rings. The van der Waals surface area contributed by atoms with Crippen LogP contribution in [0.2, 0.25) is 0 Å². The van der Waals surface area contributed by atoms with Crippen molar-refractivity contribution in [1.29, 1.82) is 4.78 Å². The molecule has 186 valence electrons. The number of nitrogens with one attached hydrogen (secondary N) is 3. The van der Waals surface area contributed by atoms with Gasteiger partial charge in [-0.2, -0.15) is 4.98 Å². The van der Waals surface area contributed by atoms with Crippen molar-refractivity contribution >= 4 is 27.2 Å². The van der Waals surface area contributed by atoms with Crippen LogP contribution in [0.15, 0.2) is 83.9 Å². The minimum atomic E-state index is -2.83. The fourth-order valence-electron chi connectivity index (χ4n) is 3.60. The lowest BCUT2D eigenvalue weighted by atomic mass is 10.1. The highest BCUT2D eigenvalue weighted by Gasteiger charge is 2.12. The van der Waals surface area contributed by atoms with E-state index in [4.69, 9.17) is 19.2 Å². The van der Waals surface area contributed by atoms with Gasteiger partial charge in [0.05, 0.1) is 23.4 Å². The average molecular weight is 504 g/mol. The Morgan fingerprint density at radius 2 is 1.78 bits per heavy atom. The van der Waals surface area contributed by atoms with Crippen LogP contribution in [0.4, 0.5) is 17.5 Å². The number of aromatic nitrogens is 2. The summed E-state index contributed by atoms with van der Waals surface area (Å²) in [5.41, 5.74) is 3.48. The van der Waals surface area contributed by atoms with Crippen LogP contribution in [0.1, 0.15) is 12.5 Å². The van der Waals surface area contributed by atoms with Gasteiger partial charge in [-0.05, 0) is 60.5 Å². The first-order valence-electron chi connectivity index (χ1n) is 11.4. The highest BCUT2D eigenvalue weighted by atomic mass is 32.2.